The molecule has 1 aliphatic rings. The number of hydrogen-bond acceptors (Lipinski definition) is 4. The zero-order valence-corrected chi connectivity index (χ0v) is 9.94. The Kier molecular flexibility index (Phi) is 3.74. The molecule has 1 fully saturated rings. The highest BCUT2D eigenvalue weighted by Gasteiger charge is 2.16. The molecule has 1 N–H and O–H groups in total. The van der Waals surface area contributed by atoms with E-state index >= 15 is 0 Å². The Morgan fingerprint density at radius 1 is 1.56 bits per heavy atom. The molecule has 2 heterocycles. The number of aromatic nitrogens is 1. The first kappa shape index (κ1) is 11.4. The van der Waals surface area contributed by atoms with Crippen LogP contribution >= 0.6 is 0 Å². The second-order valence-electron chi connectivity index (χ2n) is 4.18. The number of hydrogen-bond donors (Lipinski definition) is 1. The van der Waals surface area contributed by atoms with Crippen molar-refractivity contribution >= 4 is 5.82 Å². The van der Waals surface area contributed by atoms with E-state index in [-0.39, 0.29) is 0 Å². The van der Waals surface area contributed by atoms with Crippen LogP contribution < -0.4 is 5.32 Å². The zero-order valence-electron chi connectivity index (χ0n) is 9.94. The number of nitrogens with zero attached hydrogens (tertiary/aromatic N) is 2. The van der Waals surface area contributed by atoms with Crippen LogP contribution in [0.1, 0.15) is 12.6 Å². The summed E-state index contributed by atoms with van der Waals surface area (Å²) in [7, 11) is 1.89. The minimum atomic E-state index is 0.334. The Labute approximate surface area is 96.6 Å². The van der Waals surface area contributed by atoms with Gasteiger partial charge < -0.3 is 10.1 Å². The van der Waals surface area contributed by atoms with E-state index in [1.807, 2.05) is 19.2 Å². The highest BCUT2D eigenvalue weighted by molar-refractivity contribution is 5.34. The van der Waals surface area contributed by atoms with Gasteiger partial charge in [-0.1, -0.05) is 6.07 Å². The number of nitrogens with one attached hydrogen (secondary N) is 1. The molecule has 1 saturated heterocycles. The van der Waals surface area contributed by atoms with Gasteiger partial charge in [-0.2, -0.15) is 0 Å². The van der Waals surface area contributed by atoms with Crippen molar-refractivity contribution < 1.29 is 4.74 Å². The van der Waals surface area contributed by atoms with Crippen molar-refractivity contribution in [2.75, 3.05) is 32.1 Å². The van der Waals surface area contributed by atoms with Gasteiger partial charge in [0, 0.05) is 26.7 Å². The van der Waals surface area contributed by atoms with Crippen LogP contribution in [0.3, 0.4) is 0 Å². The SMILES string of the molecule is CNc1cccc(CN2CCOC(C)C2)n1. The molecule has 0 aromatic carbocycles. The second kappa shape index (κ2) is 5.27. The van der Waals surface area contributed by atoms with Gasteiger partial charge in [0.05, 0.1) is 18.4 Å². The Morgan fingerprint density at radius 3 is 3.19 bits per heavy atom. The van der Waals surface area contributed by atoms with E-state index in [1.165, 1.54) is 0 Å². The molecule has 4 heteroatoms. The van der Waals surface area contributed by atoms with Crippen LogP contribution in [-0.4, -0.2) is 42.7 Å². The summed E-state index contributed by atoms with van der Waals surface area (Å²) < 4.78 is 5.52. The third-order valence-corrected chi connectivity index (χ3v) is 2.77. The fraction of sp³-hybridized carbons (Fsp3) is 0.583. The summed E-state index contributed by atoms with van der Waals surface area (Å²) in [6, 6.07) is 6.09. The van der Waals surface area contributed by atoms with Crippen molar-refractivity contribution in [3.8, 4) is 0 Å². The average Bonchev–Trinajstić information content (AvgIpc) is 2.29. The lowest BCUT2D eigenvalue weighted by molar-refractivity contribution is -0.0215. The van der Waals surface area contributed by atoms with E-state index in [0.29, 0.717) is 6.10 Å². The van der Waals surface area contributed by atoms with Crippen molar-refractivity contribution in [3.63, 3.8) is 0 Å². The van der Waals surface area contributed by atoms with Gasteiger partial charge in [-0.05, 0) is 19.1 Å². The van der Waals surface area contributed by atoms with Gasteiger partial charge in [-0.15, -0.1) is 0 Å². The lowest BCUT2D eigenvalue weighted by Gasteiger charge is -2.30. The minimum absolute atomic E-state index is 0.334. The van der Waals surface area contributed by atoms with Crippen LogP contribution in [0.2, 0.25) is 0 Å². The van der Waals surface area contributed by atoms with Gasteiger partial charge in [0.1, 0.15) is 5.82 Å². The predicted octanol–water partition coefficient (Wildman–Crippen LogP) is 1.34. The Morgan fingerprint density at radius 2 is 2.44 bits per heavy atom. The molecule has 2 rings (SSSR count). The average molecular weight is 221 g/mol. The first-order valence-corrected chi connectivity index (χ1v) is 5.75. The van der Waals surface area contributed by atoms with E-state index in [9.17, 15) is 0 Å². The third kappa shape index (κ3) is 2.93. The molecule has 1 aromatic heterocycles. The molecule has 0 radical (unpaired) electrons. The van der Waals surface area contributed by atoms with Crippen LogP contribution in [-0.2, 0) is 11.3 Å². The van der Waals surface area contributed by atoms with Crippen LogP contribution in [0, 0.1) is 0 Å². The fourth-order valence-corrected chi connectivity index (χ4v) is 1.97. The van der Waals surface area contributed by atoms with E-state index in [2.05, 4.69) is 28.2 Å². The molecule has 0 spiro atoms. The number of pyridine rings is 1. The fourth-order valence-electron chi connectivity index (χ4n) is 1.97. The summed E-state index contributed by atoms with van der Waals surface area (Å²) in [6.45, 7) is 5.83. The number of rotatable bonds is 3. The molecule has 88 valence electrons. The molecule has 0 aliphatic carbocycles. The number of anilines is 1. The maximum absolute atomic E-state index is 5.52. The molecular weight excluding hydrogens is 202 g/mol. The molecular formula is C12H19N3O. The minimum Gasteiger partial charge on any atom is -0.376 e. The summed E-state index contributed by atoms with van der Waals surface area (Å²) >= 11 is 0. The third-order valence-electron chi connectivity index (χ3n) is 2.77. The maximum Gasteiger partial charge on any atom is 0.126 e. The van der Waals surface area contributed by atoms with Crippen molar-refractivity contribution in [3.05, 3.63) is 23.9 Å². The van der Waals surface area contributed by atoms with Crippen molar-refractivity contribution in [1.29, 1.82) is 0 Å². The number of morpholine rings is 1. The largest absolute Gasteiger partial charge is 0.376 e. The monoisotopic (exact) mass is 221 g/mol. The highest BCUT2D eigenvalue weighted by Crippen LogP contribution is 2.10. The lowest BCUT2D eigenvalue weighted by atomic mass is 10.2. The molecule has 16 heavy (non-hydrogen) atoms. The smallest absolute Gasteiger partial charge is 0.126 e. The molecule has 4 nitrogen and oxygen atoms in total. The Bertz CT molecular complexity index is 343. The van der Waals surface area contributed by atoms with Crippen molar-refractivity contribution in [2.45, 2.75) is 19.6 Å². The Hall–Kier alpha value is -1.13. The summed E-state index contributed by atoms with van der Waals surface area (Å²) in [6.07, 6.45) is 0.334. The molecule has 0 saturated carbocycles. The molecule has 1 aromatic rings. The summed E-state index contributed by atoms with van der Waals surface area (Å²) in [4.78, 5) is 6.90. The summed E-state index contributed by atoms with van der Waals surface area (Å²) in [5.41, 5.74) is 1.11. The van der Waals surface area contributed by atoms with E-state index in [4.69, 9.17) is 4.74 Å². The highest BCUT2D eigenvalue weighted by atomic mass is 16.5. The van der Waals surface area contributed by atoms with Gasteiger partial charge in [0.15, 0.2) is 0 Å². The topological polar surface area (TPSA) is 37.4 Å². The van der Waals surface area contributed by atoms with Crippen LogP contribution in [0.5, 0.6) is 0 Å². The molecule has 0 amide bonds. The normalized spacial score (nSPS) is 22.0. The number of ether oxygens (including phenoxy) is 1. The van der Waals surface area contributed by atoms with E-state index < -0.39 is 0 Å². The van der Waals surface area contributed by atoms with Gasteiger partial charge >= 0.3 is 0 Å². The van der Waals surface area contributed by atoms with Gasteiger partial charge in [-0.25, -0.2) is 4.98 Å². The quantitative estimate of drug-likeness (QED) is 0.836. The first-order chi connectivity index (χ1) is 7.78. The Balaban J connectivity index is 1.97. The first-order valence-electron chi connectivity index (χ1n) is 5.75. The van der Waals surface area contributed by atoms with Gasteiger partial charge in [0.25, 0.3) is 0 Å². The molecule has 0 bridgehead atoms. The van der Waals surface area contributed by atoms with Crippen molar-refractivity contribution in [2.24, 2.45) is 0 Å². The molecule has 1 aliphatic heterocycles. The lowest BCUT2D eigenvalue weighted by Crippen LogP contribution is -2.40. The predicted molar refractivity (Wildman–Crippen MR) is 64.5 cm³/mol. The van der Waals surface area contributed by atoms with E-state index in [0.717, 1.165) is 37.8 Å². The maximum atomic E-state index is 5.52. The van der Waals surface area contributed by atoms with Crippen LogP contribution in [0.25, 0.3) is 0 Å². The summed E-state index contributed by atoms with van der Waals surface area (Å²) in [5, 5.41) is 3.06. The van der Waals surface area contributed by atoms with E-state index in [1.54, 1.807) is 0 Å². The van der Waals surface area contributed by atoms with Crippen molar-refractivity contribution in [1.82, 2.24) is 9.88 Å². The molecule has 1 unspecified atom stereocenters. The van der Waals surface area contributed by atoms with Gasteiger partial charge in [0.2, 0.25) is 0 Å². The zero-order chi connectivity index (χ0) is 11.4. The second-order valence-corrected chi connectivity index (χ2v) is 4.18. The van der Waals surface area contributed by atoms with Crippen LogP contribution in [0.15, 0.2) is 18.2 Å². The summed E-state index contributed by atoms with van der Waals surface area (Å²) in [5.74, 6) is 0.929. The molecule has 1 atom stereocenters. The van der Waals surface area contributed by atoms with Crippen LogP contribution in [0.4, 0.5) is 5.82 Å². The van der Waals surface area contributed by atoms with Gasteiger partial charge in [-0.3, -0.25) is 4.90 Å². The standard InChI is InChI=1S/C12H19N3O/c1-10-8-15(6-7-16-10)9-11-4-3-5-12(13-2)14-11/h3-5,10H,6-9H2,1-2H3,(H,13,14).